The standard InChI is InChI=1S/C21H20Br2S/c1-14-5-6-15(2)20(13-14)17(4)18(8-7-16(3)22)9-10-19-11-12-21(23)24-19/h5-13H,3H2,1-2,4H3. The van der Waals surface area contributed by atoms with E-state index in [2.05, 4.69) is 108 Å². The Balaban J connectivity index is 2.49. The van der Waals surface area contributed by atoms with Gasteiger partial charge >= 0.3 is 0 Å². The van der Waals surface area contributed by atoms with Crippen molar-refractivity contribution in [2.45, 2.75) is 20.8 Å². The van der Waals surface area contributed by atoms with E-state index in [-0.39, 0.29) is 0 Å². The van der Waals surface area contributed by atoms with E-state index in [9.17, 15) is 0 Å². The molecule has 2 rings (SSSR count). The Morgan fingerprint density at radius 2 is 1.83 bits per heavy atom. The predicted molar refractivity (Wildman–Crippen MR) is 117 cm³/mol. The van der Waals surface area contributed by atoms with Gasteiger partial charge in [0.1, 0.15) is 0 Å². The summed E-state index contributed by atoms with van der Waals surface area (Å²) in [5, 5.41) is 0. The molecule has 1 heterocycles. The van der Waals surface area contributed by atoms with Crippen LogP contribution in [0.1, 0.15) is 28.5 Å². The SMILES string of the molecule is C=C(Br)C=CC(C=Cc1ccc(Br)s1)=C(C)c1cc(C)ccc1C. The molecule has 0 fully saturated rings. The minimum atomic E-state index is 0.862. The van der Waals surface area contributed by atoms with E-state index < -0.39 is 0 Å². The average molecular weight is 464 g/mol. The van der Waals surface area contributed by atoms with Gasteiger partial charge in [0.15, 0.2) is 0 Å². The topological polar surface area (TPSA) is 0 Å². The van der Waals surface area contributed by atoms with Crippen molar-refractivity contribution in [2.75, 3.05) is 0 Å². The normalized spacial score (nSPS) is 12.9. The molecular weight excluding hydrogens is 444 g/mol. The molecule has 124 valence electrons. The first-order valence-corrected chi connectivity index (χ1v) is 10.0. The van der Waals surface area contributed by atoms with Crippen LogP contribution in [0.2, 0.25) is 0 Å². The molecule has 1 aromatic carbocycles. The lowest BCUT2D eigenvalue weighted by molar-refractivity contribution is 1.35. The number of benzene rings is 1. The molecule has 24 heavy (non-hydrogen) atoms. The Kier molecular flexibility index (Phi) is 7.02. The highest BCUT2D eigenvalue weighted by atomic mass is 79.9. The monoisotopic (exact) mass is 462 g/mol. The fourth-order valence-electron chi connectivity index (χ4n) is 2.37. The van der Waals surface area contributed by atoms with Crippen molar-refractivity contribution in [1.29, 1.82) is 0 Å². The smallest absolute Gasteiger partial charge is 0.0704 e. The van der Waals surface area contributed by atoms with Crippen LogP contribution in [0, 0.1) is 13.8 Å². The van der Waals surface area contributed by atoms with Gasteiger partial charge in [0.05, 0.1) is 3.79 Å². The lowest BCUT2D eigenvalue weighted by Crippen LogP contribution is -1.90. The first-order valence-electron chi connectivity index (χ1n) is 7.61. The highest BCUT2D eigenvalue weighted by Crippen LogP contribution is 2.27. The molecule has 0 amide bonds. The Morgan fingerprint density at radius 3 is 2.46 bits per heavy atom. The van der Waals surface area contributed by atoms with Gasteiger partial charge in [-0.05, 0) is 83.3 Å². The van der Waals surface area contributed by atoms with Crippen LogP contribution in [0.25, 0.3) is 11.6 Å². The Hall–Kier alpha value is -1.16. The zero-order valence-corrected chi connectivity index (χ0v) is 18.1. The molecule has 0 aliphatic rings. The second-order valence-electron chi connectivity index (χ2n) is 5.65. The second-order valence-corrected chi connectivity index (χ2v) is 9.17. The van der Waals surface area contributed by atoms with Crippen molar-refractivity contribution >= 4 is 54.8 Å². The number of thiophene rings is 1. The summed E-state index contributed by atoms with van der Waals surface area (Å²) in [7, 11) is 0. The van der Waals surface area contributed by atoms with Crippen LogP contribution in [0.3, 0.4) is 0 Å². The summed E-state index contributed by atoms with van der Waals surface area (Å²) in [6.45, 7) is 10.4. The van der Waals surface area contributed by atoms with Crippen LogP contribution < -0.4 is 0 Å². The van der Waals surface area contributed by atoms with Crippen LogP contribution in [0.5, 0.6) is 0 Å². The van der Waals surface area contributed by atoms with E-state index in [1.165, 1.54) is 32.7 Å². The van der Waals surface area contributed by atoms with Crippen molar-refractivity contribution in [1.82, 2.24) is 0 Å². The van der Waals surface area contributed by atoms with Crippen molar-refractivity contribution in [3.05, 3.63) is 90.5 Å². The van der Waals surface area contributed by atoms with Gasteiger partial charge in [0, 0.05) is 9.36 Å². The van der Waals surface area contributed by atoms with Crippen molar-refractivity contribution in [3.8, 4) is 0 Å². The number of hydrogen-bond donors (Lipinski definition) is 0. The summed E-state index contributed by atoms with van der Waals surface area (Å²) >= 11 is 8.64. The summed E-state index contributed by atoms with van der Waals surface area (Å²) in [6.07, 6.45) is 8.41. The molecule has 0 N–H and O–H groups in total. The minimum absolute atomic E-state index is 0.862. The molecule has 0 radical (unpaired) electrons. The summed E-state index contributed by atoms with van der Waals surface area (Å²) in [4.78, 5) is 1.22. The number of halogens is 2. The maximum Gasteiger partial charge on any atom is 0.0704 e. The number of rotatable bonds is 5. The molecule has 0 nitrogen and oxygen atoms in total. The highest BCUT2D eigenvalue weighted by Gasteiger charge is 2.05. The number of aryl methyl sites for hydroxylation is 2. The third-order valence-corrected chi connectivity index (χ3v) is 5.55. The highest BCUT2D eigenvalue weighted by molar-refractivity contribution is 9.12. The molecule has 0 unspecified atom stereocenters. The van der Waals surface area contributed by atoms with Crippen LogP contribution in [-0.2, 0) is 0 Å². The molecule has 0 bridgehead atoms. The van der Waals surface area contributed by atoms with E-state index in [4.69, 9.17) is 0 Å². The van der Waals surface area contributed by atoms with Crippen molar-refractivity contribution in [2.24, 2.45) is 0 Å². The fraction of sp³-hybridized carbons (Fsp3) is 0.143. The van der Waals surface area contributed by atoms with Gasteiger partial charge in [-0.15, -0.1) is 11.3 Å². The first kappa shape index (κ1) is 19.2. The molecule has 1 aromatic heterocycles. The summed E-state index contributed by atoms with van der Waals surface area (Å²) in [6, 6.07) is 10.8. The summed E-state index contributed by atoms with van der Waals surface area (Å²) in [5.74, 6) is 0. The Labute approximate surface area is 165 Å². The molecule has 0 aliphatic carbocycles. The molecule has 3 heteroatoms. The zero-order valence-electron chi connectivity index (χ0n) is 14.1. The third-order valence-electron chi connectivity index (χ3n) is 3.69. The van der Waals surface area contributed by atoms with E-state index >= 15 is 0 Å². The molecule has 0 atom stereocenters. The summed E-state index contributed by atoms with van der Waals surface area (Å²) < 4.78 is 2.00. The van der Waals surface area contributed by atoms with Gasteiger partial charge in [-0.2, -0.15) is 0 Å². The molecule has 0 saturated heterocycles. The Bertz CT molecular complexity index is 835. The van der Waals surface area contributed by atoms with E-state index in [1.807, 2.05) is 6.08 Å². The number of hydrogen-bond acceptors (Lipinski definition) is 1. The van der Waals surface area contributed by atoms with E-state index in [0.29, 0.717) is 0 Å². The molecule has 2 aromatic rings. The van der Waals surface area contributed by atoms with Gasteiger partial charge in [-0.3, -0.25) is 0 Å². The van der Waals surface area contributed by atoms with Gasteiger partial charge in [-0.1, -0.05) is 58.4 Å². The molecule has 0 spiro atoms. The van der Waals surface area contributed by atoms with Crippen LogP contribution in [0.4, 0.5) is 0 Å². The van der Waals surface area contributed by atoms with Crippen LogP contribution >= 0.6 is 43.2 Å². The minimum Gasteiger partial charge on any atom is -0.129 e. The fourth-order valence-corrected chi connectivity index (χ4v) is 3.83. The van der Waals surface area contributed by atoms with Gasteiger partial charge < -0.3 is 0 Å². The maximum atomic E-state index is 3.89. The lowest BCUT2D eigenvalue weighted by Gasteiger charge is -2.10. The van der Waals surface area contributed by atoms with Crippen LogP contribution in [-0.4, -0.2) is 0 Å². The molecule has 0 aliphatic heterocycles. The summed E-state index contributed by atoms with van der Waals surface area (Å²) in [5.41, 5.74) is 6.28. The van der Waals surface area contributed by atoms with Crippen molar-refractivity contribution < 1.29 is 0 Å². The predicted octanol–water partition coefficient (Wildman–Crippen LogP) is 8.08. The van der Waals surface area contributed by atoms with E-state index in [1.54, 1.807) is 11.3 Å². The molecular formula is C21H20Br2S. The second kappa shape index (κ2) is 8.80. The lowest BCUT2D eigenvalue weighted by atomic mass is 9.95. The van der Waals surface area contributed by atoms with Crippen molar-refractivity contribution in [3.63, 3.8) is 0 Å². The largest absolute Gasteiger partial charge is 0.129 e. The van der Waals surface area contributed by atoms with E-state index in [0.717, 1.165) is 8.27 Å². The quantitative estimate of drug-likeness (QED) is 0.393. The average Bonchev–Trinajstić information content (AvgIpc) is 2.94. The van der Waals surface area contributed by atoms with Gasteiger partial charge in [-0.25, -0.2) is 0 Å². The third kappa shape index (κ3) is 5.44. The Morgan fingerprint density at radius 1 is 1.08 bits per heavy atom. The van der Waals surface area contributed by atoms with Crippen LogP contribution in [0.15, 0.2) is 69.0 Å². The number of allylic oxidation sites excluding steroid dienone is 6. The molecule has 0 saturated carbocycles. The van der Waals surface area contributed by atoms with Gasteiger partial charge in [0.2, 0.25) is 0 Å². The first-order chi connectivity index (χ1) is 11.4. The maximum absolute atomic E-state index is 3.89. The zero-order chi connectivity index (χ0) is 17.7. The van der Waals surface area contributed by atoms with Gasteiger partial charge in [0.25, 0.3) is 0 Å².